The predicted molar refractivity (Wildman–Crippen MR) is 113 cm³/mol. The number of fused-ring (bicyclic) bond motifs is 1. The number of aliphatic imine (C=N–C) groups is 1. The van der Waals surface area contributed by atoms with Crippen LogP contribution in [0.25, 0.3) is 11.1 Å². The van der Waals surface area contributed by atoms with Crippen LogP contribution in [0.3, 0.4) is 0 Å². The molecule has 1 unspecified atom stereocenters. The van der Waals surface area contributed by atoms with Crippen LogP contribution in [-0.2, 0) is 0 Å². The van der Waals surface area contributed by atoms with Crippen LogP contribution in [-0.4, -0.2) is 16.1 Å². The monoisotopic (exact) mass is 396 g/mol. The quantitative estimate of drug-likeness (QED) is 0.325. The highest BCUT2D eigenvalue weighted by atomic mass is 16.3. The zero-order valence-electron chi connectivity index (χ0n) is 15.6. The van der Waals surface area contributed by atoms with Gasteiger partial charge in [-0.05, 0) is 34.9 Å². The lowest BCUT2D eigenvalue weighted by molar-refractivity contribution is 0.475. The minimum Gasteiger partial charge on any atom is -0.508 e. The number of guanidine groups is 1. The highest BCUT2D eigenvalue weighted by molar-refractivity contribution is 5.98. The standard InChI is InChI=1S/C21H16N8O/c22-9-15-17(24)16-18(27-21(26-10-23)29-20(16)28-19(15)25)13-3-1-2-12(8-13)11-4-6-14(30)7-5-11/h1-8,18,30H,(H6,24,25,26,27,28,29). The van der Waals surface area contributed by atoms with Crippen molar-refractivity contribution >= 4 is 23.3 Å². The molecule has 0 spiro atoms. The maximum atomic E-state index is 9.54. The number of hydrogen-bond acceptors (Lipinski definition) is 9. The van der Waals surface area contributed by atoms with Gasteiger partial charge in [-0.3, -0.25) is 5.32 Å². The molecule has 146 valence electrons. The average Bonchev–Trinajstić information content (AvgIpc) is 2.74. The van der Waals surface area contributed by atoms with Gasteiger partial charge in [0.15, 0.2) is 6.19 Å². The lowest BCUT2D eigenvalue weighted by Gasteiger charge is -2.26. The van der Waals surface area contributed by atoms with E-state index in [9.17, 15) is 10.4 Å². The Balaban J connectivity index is 1.88. The van der Waals surface area contributed by atoms with Crippen molar-refractivity contribution in [1.82, 2.24) is 10.3 Å². The number of aromatic hydroxyl groups is 1. The molecule has 0 saturated carbocycles. The topological polar surface area (TPSA) is 169 Å². The van der Waals surface area contributed by atoms with Crippen molar-refractivity contribution in [3.63, 3.8) is 0 Å². The lowest BCUT2D eigenvalue weighted by atomic mass is 9.93. The number of nitrogens with zero attached hydrogens (tertiary/aromatic N) is 4. The van der Waals surface area contributed by atoms with Gasteiger partial charge in [0.1, 0.15) is 35.1 Å². The van der Waals surface area contributed by atoms with Gasteiger partial charge in [-0.15, -0.1) is 0 Å². The summed E-state index contributed by atoms with van der Waals surface area (Å²) in [7, 11) is 0. The maximum absolute atomic E-state index is 9.54. The molecular weight excluding hydrogens is 380 g/mol. The molecule has 3 aromatic rings. The molecule has 1 aliphatic rings. The number of phenolic OH excluding ortho intramolecular Hbond substituents is 1. The van der Waals surface area contributed by atoms with Crippen molar-refractivity contribution in [3.8, 4) is 29.1 Å². The van der Waals surface area contributed by atoms with Gasteiger partial charge in [0, 0.05) is 5.56 Å². The Morgan fingerprint density at radius 1 is 1.07 bits per heavy atom. The smallest absolute Gasteiger partial charge is 0.211 e. The predicted octanol–water partition coefficient (Wildman–Crippen LogP) is 2.43. The number of aromatic nitrogens is 1. The number of hydrogen-bond donors (Lipinski definition) is 5. The summed E-state index contributed by atoms with van der Waals surface area (Å²) in [5.41, 5.74) is 15.5. The number of nitrogen functional groups attached to an aromatic ring is 2. The van der Waals surface area contributed by atoms with Crippen molar-refractivity contribution in [2.75, 3.05) is 16.8 Å². The summed E-state index contributed by atoms with van der Waals surface area (Å²) in [5.74, 6) is 0.702. The number of phenols is 1. The minimum atomic E-state index is -0.616. The second-order valence-electron chi connectivity index (χ2n) is 6.57. The van der Waals surface area contributed by atoms with E-state index < -0.39 is 6.04 Å². The van der Waals surface area contributed by atoms with Crippen LogP contribution in [0.4, 0.5) is 17.3 Å². The Kier molecular flexibility index (Phi) is 4.55. The van der Waals surface area contributed by atoms with Crippen molar-refractivity contribution in [3.05, 3.63) is 65.2 Å². The molecule has 9 nitrogen and oxygen atoms in total. The fourth-order valence-corrected chi connectivity index (χ4v) is 3.36. The van der Waals surface area contributed by atoms with Crippen LogP contribution in [0, 0.1) is 22.8 Å². The Labute approximate surface area is 171 Å². The van der Waals surface area contributed by atoms with E-state index in [1.165, 1.54) is 0 Å². The van der Waals surface area contributed by atoms with Crippen molar-refractivity contribution in [2.24, 2.45) is 4.99 Å². The molecule has 1 atom stereocenters. The van der Waals surface area contributed by atoms with Crippen molar-refractivity contribution in [2.45, 2.75) is 6.04 Å². The van der Waals surface area contributed by atoms with Gasteiger partial charge in [0.25, 0.3) is 0 Å². The summed E-state index contributed by atoms with van der Waals surface area (Å²) >= 11 is 0. The molecule has 0 amide bonds. The first-order chi connectivity index (χ1) is 14.5. The van der Waals surface area contributed by atoms with E-state index in [0.717, 1.165) is 16.7 Å². The summed E-state index contributed by atoms with van der Waals surface area (Å²) in [5, 5.41) is 33.3. The molecule has 2 heterocycles. The molecule has 0 radical (unpaired) electrons. The van der Waals surface area contributed by atoms with Crippen LogP contribution in [0.5, 0.6) is 5.75 Å². The number of anilines is 3. The third-order valence-corrected chi connectivity index (χ3v) is 4.76. The zero-order chi connectivity index (χ0) is 21.3. The summed E-state index contributed by atoms with van der Waals surface area (Å²) in [4.78, 5) is 8.81. The van der Waals surface area contributed by atoms with Crippen molar-refractivity contribution < 1.29 is 5.11 Å². The number of nitriles is 2. The van der Waals surface area contributed by atoms with Gasteiger partial charge in [0.2, 0.25) is 5.96 Å². The van der Waals surface area contributed by atoms with Crippen LogP contribution < -0.4 is 22.1 Å². The van der Waals surface area contributed by atoms with E-state index in [-0.39, 0.29) is 28.8 Å². The molecule has 2 aromatic carbocycles. The fourth-order valence-electron chi connectivity index (χ4n) is 3.36. The van der Waals surface area contributed by atoms with Gasteiger partial charge in [-0.2, -0.15) is 10.5 Å². The van der Waals surface area contributed by atoms with E-state index >= 15 is 0 Å². The molecular formula is C21H16N8O. The first-order valence-corrected chi connectivity index (χ1v) is 8.90. The highest BCUT2D eigenvalue weighted by Crippen LogP contribution is 2.41. The van der Waals surface area contributed by atoms with Crippen LogP contribution in [0.1, 0.15) is 22.7 Å². The molecule has 0 saturated heterocycles. The number of rotatable bonds is 2. The van der Waals surface area contributed by atoms with Gasteiger partial charge < -0.3 is 21.9 Å². The molecule has 9 heteroatoms. The molecule has 30 heavy (non-hydrogen) atoms. The average molecular weight is 396 g/mol. The fraction of sp³-hybridized carbons (Fsp3) is 0.0476. The third-order valence-electron chi connectivity index (χ3n) is 4.76. The summed E-state index contributed by atoms with van der Waals surface area (Å²) in [6.45, 7) is 0. The summed E-state index contributed by atoms with van der Waals surface area (Å²) in [6, 6.07) is 15.8. The Bertz CT molecular complexity index is 1250. The molecule has 0 fully saturated rings. The Hall–Kier alpha value is -4.76. The summed E-state index contributed by atoms with van der Waals surface area (Å²) in [6.07, 6.45) is 1.82. The number of nitrogens with two attached hydrogens (primary N) is 2. The first kappa shape index (κ1) is 18.6. The second-order valence-corrected chi connectivity index (χ2v) is 6.57. The lowest BCUT2D eigenvalue weighted by Crippen LogP contribution is -2.32. The van der Waals surface area contributed by atoms with Crippen LogP contribution in [0.15, 0.2) is 53.5 Å². The zero-order valence-corrected chi connectivity index (χ0v) is 15.6. The van der Waals surface area contributed by atoms with Gasteiger partial charge in [-0.25, -0.2) is 9.98 Å². The molecule has 7 N–H and O–H groups in total. The molecule has 1 aromatic heterocycles. The minimum absolute atomic E-state index is 0.00366. The van der Waals surface area contributed by atoms with E-state index in [4.69, 9.17) is 16.7 Å². The normalized spacial score (nSPS) is 14.5. The Morgan fingerprint density at radius 3 is 2.53 bits per heavy atom. The van der Waals surface area contributed by atoms with Gasteiger partial charge in [0.05, 0.1) is 5.69 Å². The number of benzene rings is 2. The van der Waals surface area contributed by atoms with Crippen molar-refractivity contribution in [1.29, 1.82) is 10.5 Å². The van der Waals surface area contributed by atoms with Gasteiger partial charge in [-0.1, -0.05) is 30.3 Å². The first-order valence-electron chi connectivity index (χ1n) is 8.90. The van der Waals surface area contributed by atoms with E-state index in [1.807, 2.05) is 36.5 Å². The SMILES string of the molecule is N#CNC1=NC(c2cccc(-c3ccc(O)cc3)c2)c2c(nc(N)c(C#N)c2N)N1. The van der Waals surface area contributed by atoms with E-state index in [0.29, 0.717) is 11.4 Å². The van der Waals surface area contributed by atoms with Crippen LogP contribution in [0.2, 0.25) is 0 Å². The number of nitrogens with one attached hydrogen (secondary N) is 2. The summed E-state index contributed by atoms with van der Waals surface area (Å²) < 4.78 is 0. The van der Waals surface area contributed by atoms with E-state index in [2.05, 4.69) is 20.6 Å². The second kappa shape index (κ2) is 7.34. The molecule has 4 rings (SSSR count). The third kappa shape index (κ3) is 3.17. The molecule has 0 bridgehead atoms. The maximum Gasteiger partial charge on any atom is 0.211 e. The highest BCUT2D eigenvalue weighted by Gasteiger charge is 2.29. The number of pyridine rings is 1. The van der Waals surface area contributed by atoms with Gasteiger partial charge >= 0.3 is 0 Å². The Morgan fingerprint density at radius 2 is 1.83 bits per heavy atom. The molecule has 1 aliphatic heterocycles. The largest absolute Gasteiger partial charge is 0.508 e. The van der Waals surface area contributed by atoms with E-state index in [1.54, 1.807) is 24.3 Å². The molecule has 0 aliphatic carbocycles. The van der Waals surface area contributed by atoms with Crippen LogP contribution >= 0.6 is 0 Å².